The molecule has 0 radical (unpaired) electrons. The molecule has 0 saturated carbocycles. The van der Waals surface area contributed by atoms with E-state index >= 15 is 0 Å². The van der Waals surface area contributed by atoms with Crippen molar-refractivity contribution in [3.8, 4) is 0 Å². The highest BCUT2D eigenvalue weighted by Crippen LogP contribution is 2.24. The maximum Gasteiger partial charge on any atom is 0.261 e. The van der Waals surface area contributed by atoms with Gasteiger partial charge in [0, 0.05) is 0 Å². The van der Waals surface area contributed by atoms with Crippen LogP contribution < -0.4 is 10.9 Å². The molecule has 140 valence electrons. The van der Waals surface area contributed by atoms with E-state index in [-0.39, 0.29) is 23.9 Å². The first-order chi connectivity index (χ1) is 13.5. The van der Waals surface area contributed by atoms with Crippen molar-refractivity contribution in [2.45, 2.75) is 19.5 Å². The molecule has 0 bridgehead atoms. The molecule has 4 rings (SSSR count). The van der Waals surface area contributed by atoms with Gasteiger partial charge in [-0.25, -0.2) is 9.37 Å². The molecule has 1 aromatic heterocycles. The lowest BCUT2D eigenvalue weighted by atomic mass is 10.00. The van der Waals surface area contributed by atoms with Gasteiger partial charge in [-0.05, 0) is 41.5 Å². The van der Waals surface area contributed by atoms with Gasteiger partial charge in [0.2, 0.25) is 5.91 Å². The minimum atomic E-state index is -0.516. The summed E-state index contributed by atoms with van der Waals surface area (Å²) in [5.74, 6) is -0.835. The van der Waals surface area contributed by atoms with Gasteiger partial charge in [-0.3, -0.25) is 14.2 Å². The highest BCUT2D eigenvalue weighted by atomic mass is 19.1. The highest BCUT2D eigenvalue weighted by molar-refractivity contribution is 5.87. The first-order valence-corrected chi connectivity index (χ1v) is 8.94. The van der Waals surface area contributed by atoms with Crippen LogP contribution >= 0.6 is 0 Å². The third-order valence-electron chi connectivity index (χ3n) is 4.77. The Hall–Kier alpha value is -3.54. The fourth-order valence-corrected chi connectivity index (χ4v) is 3.39. The fraction of sp³-hybridized carbons (Fsp3) is 0.136. The first kappa shape index (κ1) is 17.9. The second-order valence-electron chi connectivity index (χ2n) is 6.70. The number of benzene rings is 3. The van der Waals surface area contributed by atoms with E-state index in [2.05, 4.69) is 10.3 Å². The summed E-state index contributed by atoms with van der Waals surface area (Å²) in [6.45, 7) is 1.71. The lowest BCUT2D eigenvalue weighted by molar-refractivity contribution is -0.122. The molecule has 1 heterocycles. The number of nitrogens with zero attached hydrogens (tertiary/aromatic N) is 2. The van der Waals surface area contributed by atoms with Crippen molar-refractivity contribution in [1.29, 1.82) is 0 Å². The lowest BCUT2D eigenvalue weighted by Crippen LogP contribution is -2.34. The second-order valence-corrected chi connectivity index (χ2v) is 6.70. The maximum atomic E-state index is 13.4. The molecule has 5 nitrogen and oxygen atoms in total. The minimum absolute atomic E-state index is 0.150. The van der Waals surface area contributed by atoms with Crippen LogP contribution in [0.1, 0.15) is 18.5 Å². The number of halogens is 1. The summed E-state index contributed by atoms with van der Waals surface area (Å²) in [6.07, 6.45) is 1.31. The van der Waals surface area contributed by atoms with Gasteiger partial charge in [0.1, 0.15) is 12.4 Å². The Morgan fingerprint density at radius 1 is 1.11 bits per heavy atom. The number of amides is 1. The quantitative estimate of drug-likeness (QED) is 0.593. The molecule has 1 amide bonds. The fourth-order valence-electron chi connectivity index (χ4n) is 3.39. The van der Waals surface area contributed by atoms with E-state index in [0.29, 0.717) is 5.52 Å². The Morgan fingerprint density at radius 2 is 1.89 bits per heavy atom. The summed E-state index contributed by atoms with van der Waals surface area (Å²) in [5.41, 5.74) is 0.946. The summed E-state index contributed by atoms with van der Waals surface area (Å²) >= 11 is 0. The zero-order valence-electron chi connectivity index (χ0n) is 15.2. The van der Waals surface area contributed by atoms with Crippen LogP contribution in [0.15, 0.2) is 71.8 Å². The van der Waals surface area contributed by atoms with Crippen LogP contribution in [0.4, 0.5) is 4.39 Å². The van der Waals surface area contributed by atoms with Crippen molar-refractivity contribution in [3.05, 3.63) is 88.7 Å². The average Bonchev–Trinajstić information content (AvgIpc) is 2.70. The number of carbonyl (C=O) groups excluding carboxylic acids is 1. The number of rotatable bonds is 4. The van der Waals surface area contributed by atoms with E-state index in [1.165, 1.54) is 23.0 Å². The first-order valence-electron chi connectivity index (χ1n) is 8.94. The van der Waals surface area contributed by atoms with Gasteiger partial charge in [0.15, 0.2) is 0 Å². The molecular formula is C22H18FN3O2. The molecule has 6 heteroatoms. The Bertz CT molecular complexity index is 1240. The largest absolute Gasteiger partial charge is 0.348 e. The molecule has 1 N–H and O–H groups in total. The molecule has 1 atom stereocenters. The van der Waals surface area contributed by atoms with E-state index in [1.807, 2.05) is 49.4 Å². The third-order valence-corrected chi connectivity index (χ3v) is 4.77. The van der Waals surface area contributed by atoms with Crippen LogP contribution in [0.3, 0.4) is 0 Å². The molecule has 1 unspecified atom stereocenters. The second kappa shape index (κ2) is 7.23. The van der Waals surface area contributed by atoms with Crippen LogP contribution in [0.25, 0.3) is 21.7 Å². The Morgan fingerprint density at radius 3 is 2.75 bits per heavy atom. The Kier molecular flexibility index (Phi) is 4.61. The predicted molar refractivity (Wildman–Crippen MR) is 106 cm³/mol. The number of aromatic nitrogens is 2. The molecule has 0 aliphatic rings. The van der Waals surface area contributed by atoms with Crippen LogP contribution in [0, 0.1) is 5.82 Å². The van der Waals surface area contributed by atoms with E-state index in [9.17, 15) is 14.0 Å². The van der Waals surface area contributed by atoms with Gasteiger partial charge >= 0.3 is 0 Å². The van der Waals surface area contributed by atoms with Gasteiger partial charge in [0.25, 0.3) is 5.56 Å². The number of hydrogen-bond acceptors (Lipinski definition) is 3. The van der Waals surface area contributed by atoms with E-state index in [0.717, 1.165) is 22.4 Å². The van der Waals surface area contributed by atoms with Crippen molar-refractivity contribution in [2.75, 3.05) is 0 Å². The maximum absolute atomic E-state index is 13.4. The smallest absolute Gasteiger partial charge is 0.261 e. The van der Waals surface area contributed by atoms with Crippen LogP contribution in [0.2, 0.25) is 0 Å². The number of hydrogen-bond donors (Lipinski definition) is 1. The molecule has 3 aromatic carbocycles. The Labute approximate surface area is 160 Å². The average molecular weight is 375 g/mol. The number of fused-ring (bicyclic) bond motifs is 2. The predicted octanol–water partition coefficient (Wildman–Crippen LogP) is 3.57. The summed E-state index contributed by atoms with van der Waals surface area (Å²) in [6, 6.07) is 17.5. The topological polar surface area (TPSA) is 64.0 Å². The molecular weight excluding hydrogens is 357 g/mol. The van der Waals surface area contributed by atoms with Crippen molar-refractivity contribution >= 4 is 27.6 Å². The van der Waals surface area contributed by atoms with Crippen LogP contribution in [0.5, 0.6) is 0 Å². The zero-order valence-corrected chi connectivity index (χ0v) is 15.2. The van der Waals surface area contributed by atoms with Gasteiger partial charge in [0.05, 0.1) is 23.3 Å². The minimum Gasteiger partial charge on any atom is -0.348 e. The van der Waals surface area contributed by atoms with Gasteiger partial charge in [-0.1, -0.05) is 42.5 Å². The Balaban J connectivity index is 1.57. The van der Waals surface area contributed by atoms with E-state index < -0.39 is 11.4 Å². The lowest BCUT2D eigenvalue weighted by Gasteiger charge is -2.17. The van der Waals surface area contributed by atoms with E-state index in [4.69, 9.17) is 0 Å². The monoisotopic (exact) mass is 375 g/mol. The number of nitrogens with one attached hydrogen (secondary N) is 1. The van der Waals surface area contributed by atoms with Crippen molar-refractivity contribution in [3.63, 3.8) is 0 Å². The molecule has 0 aliphatic carbocycles. The zero-order chi connectivity index (χ0) is 19.7. The van der Waals surface area contributed by atoms with Crippen molar-refractivity contribution in [1.82, 2.24) is 14.9 Å². The molecule has 0 fully saturated rings. The molecule has 4 aromatic rings. The summed E-state index contributed by atoms with van der Waals surface area (Å²) in [5, 5.41) is 5.24. The van der Waals surface area contributed by atoms with Crippen LogP contribution in [-0.2, 0) is 11.3 Å². The third kappa shape index (κ3) is 3.36. The number of carbonyl (C=O) groups is 1. The standard InChI is InChI=1S/C22H18FN3O2/c1-14(17-8-4-6-15-5-2-3-7-18(15)17)25-21(27)12-26-13-24-20-10-9-16(23)11-19(20)22(26)28/h2-11,13-14H,12H2,1H3,(H,25,27). The van der Waals surface area contributed by atoms with Crippen LogP contribution in [-0.4, -0.2) is 15.5 Å². The summed E-state index contributed by atoms with van der Waals surface area (Å²) < 4.78 is 14.6. The summed E-state index contributed by atoms with van der Waals surface area (Å²) in [7, 11) is 0. The van der Waals surface area contributed by atoms with Gasteiger partial charge in [-0.15, -0.1) is 0 Å². The van der Waals surface area contributed by atoms with Crippen molar-refractivity contribution in [2.24, 2.45) is 0 Å². The molecule has 0 saturated heterocycles. The molecule has 0 aliphatic heterocycles. The van der Waals surface area contributed by atoms with Crippen molar-refractivity contribution < 1.29 is 9.18 Å². The van der Waals surface area contributed by atoms with Gasteiger partial charge < -0.3 is 5.32 Å². The molecule has 28 heavy (non-hydrogen) atoms. The summed E-state index contributed by atoms with van der Waals surface area (Å²) in [4.78, 5) is 29.2. The van der Waals surface area contributed by atoms with E-state index in [1.54, 1.807) is 0 Å². The highest BCUT2D eigenvalue weighted by Gasteiger charge is 2.14. The van der Waals surface area contributed by atoms with Gasteiger partial charge in [-0.2, -0.15) is 0 Å². The SMILES string of the molecule is CC(NC(=O)Cn1cnc2ccc(F)cc2c1=O)c1cccc2ccccc12. The molecule has 0 spiro atoms. The normalized spacial score (nSPS) is 12.2.